The highest BCUT2D eigenvalue weighted by Crippen LogP contribution is 2.47. The average molecular weight is 478 g/mol. The highest BCUT2D eigenvalue weighted by molar-refractivity contribution is 5.69. The number of likely N-dealkylation sites (tertiary alicyclic amines) is 1. The zero-order chi connectivity index (χ0) is 24.6. The maximum atomic E-state index is 12.5. The molecule has 3 aliphatic rings. The predicted octanol–water partition coefficient (Wildman–Crippen LogP) is 6.20. The first kappa shape index (κ1) is 23.7. The molecule has 186 valence electrons. The normalized spacial score (nSPS) is 22.9. The minimum absolute atomic E-state index is 0.223. The first-order chi connectivity index (χ1) is 16.8. The molecular weight excluding hydrogens is 442 g/mol. The van der Waals surface area contributed by atoms with E-state index in [-0.39, 0.29) is 6.09 Å². The molecule has 3 fully saturated rings. The van der Waals surface area contributed by atoms with E-state index in [2.05, 4.69) is 27.0 Å². The minimum Gasteiger partial charge on any atom is -0.444 e. The van der Waals surface area contributed by atoms with Crippen LogP contribution in [0.15, 0.2) is 29.6 Å². The van der Waals surface area contributed by atoms with E-state index < -0.39 is 5.60 Å². The Morgan fingerprint density at radius 1 is 1.20 bits per heavy atom. The lowest BCUT2D eigenvalue weighted by Gasteiger charge is -2.34. The minimum atomic E-state index is -0.479. The van der Waals surface area contributed by atoms with Gasteiger partial charge in [-0.1, -0.05) is 11.2 Å². The third-order valence-corrected chi connectivity index (χ3v) is 7.39. The van der Waals surface area contributed by atoms with Crippen molar-refractivity contribution in [3.05, 3.63) is 46.2 Å². The van der Waals surface area contributed by atoms with Gasteiger partial charge in [-0.25, -0.2) is 4.79 Å². The van der Waals surface area contributed by atoms with Gasteiger partial charge in [-0.3, -0.25) is 9.67 Å². The molecule has 2 aromatic rings. The Kier molecular flexibility index (Phi) is 6.45. The van der Waals surface area contributed by atoms with Gasteiger partial charge in [-0.15, -0.1) is 0 Å². The highest BCUT2D eigenvalue weighted by atomic mass is 16.6. The molecule has 35 heavy (non-hydrogen) atoms. The molecule has 0 N–H and O–H groups in total. The number of aromatic nitrogens is 3. The number of pyridine rings is 1. The number of hydrogen-bond donors (Lipinski definition) is 0. The summed E-state index contributed by atoms with van der Waals surface area (Å²) in [7, 11) is 0. The summed E-state index contributed by atoms with van der Waals surface area (Å²) >= 11 is 0. The fourth-order valence-corrected chi connectivity index (χ4v) is 5.32. The van der Waals surface area contributed by atoms with Crippen LogP contribution >= 0.6 is 0 Å². The molecule has 0 unspecified atom stereocenters. The van der Waals surface area contributed by atoms with Crippen LogP contribution in [0.2, 0.25) is 0 Å². The molecule has 0 radical (unpaired) electrons. The van der Waals surface area contributed by atoms with E-state index in [9.17, 15) is 4.79 Å². The van der Waals surface area contributed by atoms with E-state index >= 15 is 0 Å². The maximum Gasteiger partial charge on any atom is 0.410 e. The van der Waals surface area contributed by atoms with Gasteiger partial charge < -0.3 is 9.64 Å². The lowest BCUT2D eigenvalue weighted by Crippen LogP contribution is -2.41. The Morgan fingerprint density at radius 2 is 1.94 bits per heavy atom. The van der Waals surface area contributed by atoms with Crippen molar-refractivity contribution in [1.82, 2.24) is 19.7 Å². The molecule has 9 nitrogen and oxygen atoms in total. The van der Waals surface area contributed by atoms with E-state index in [1.165, 1.54) is 24.1 Å². The van der Waals surface area contributed by atoms with Crippen LogP contribution in [0.1, 0.15) is 88.4 Å². The molecule has 3 heterocycles. The van der Waals surface area contributed by atoms with Crippen LogP contribution in [-0.2, 0) is 4.74 Å². The summed E-state index contributed by atoms with van der Waals surface area (Å²) in [5.41, 5.74) is 12.7. The number of carbonyl (C=O) groups is 1. The molecule has 0 atom stereocenters. The average Bonchev–Trinajstić information content (AvgIpc) is 3.56. The van der Waals surface area contributed by atoms with Gasteiger partial charge in [0, 0.05) is 48.4 Å². The fraction of sp³-hybridized carbons (Fsp3) is 0.654. The molecule has 1 amide bonds. The molecule has 9 heteroatoms. The molecule has 2 saturated carbocycles. The smallest absolute Gasteiger partial charge is 0.410 e. The van der Waals surface area contributed by atoms with Crippen LogP contribution in [0.4, 0.5) is 4.79 Å². The van der Waals surface area contributed by atoms with Crippen LogP contribution in [0.25, 0.3) is 21.7 Å². The summed E-state index contributed by atoms with van der Waals surface area (Å²) in [6.07, 6.45) is 10.0. The van der Waals surface area contributed by atoms with Gasteiger partial charge in [0.1, 0.15) is 5.60 Å². The fourth-order valence-electron chi connectivity index (χ4n) is 5.32. The van der Waals surface area contributed by atoms with Crippen molar-refractivity contribution in [3.8, 4) is 11.3 Å². The molecule has 5 rings (SSSR count). The number of hydrogen-bond acceptors (Lipinski definition) is 5. The summed E-state index contributed by atoms with van der Waals surface area (Å²) in [5, 5.41) is 8.78. The van der Waals surface area contributed by atoms with E-state index in [0.29, 0.717) is 43.4 Å². The molecule has 1 saturated heterocycles. The van der Waals surface area contributed by atoms with E-state index in [4.69, 9.17) is 20.4 Å². The number of carbonyl (C=O) groups excluding carboxylic acids is 1. The Labute approximate surface area is 206 Å². The first-order valence-corrected chi connectivity index (χ1v) is 12.9. The molecule has 1 aliphatic heterocycles. The lowest BCUT2D eigenvalue weighted by atomic mass is 9.80. The third-order valence-electron chi connectivity index (χ3n) is 7.39. The summed E-state index contributed by atoms with van der Waals surface area (Å²) in [5.74, 6) is 1.33. The molecule has 2 aliphatic carbocycles. The maximum absolute atomic E-state index is 12.5. The Hall–Kier alpha value is -3.06. The predicted molar refractivity (Wildman–Crippen MR) is 133 cm³/mol. The van der Waals surface area contributed by atoms with Gasteiger partial charge in [-0.05, 0) is 88.3 Å². The van der Waals surface area contributed by atoms with Crippen molar-refractivity contribution in [3.63, 3.8) is 0 Å². The van der Waals surface area contributed by atoms with Gasteiger partial charge in [-0.2, -0.15) is 5.10 Å². The first-order valence-electron chi connectivity index (χ1n) is 12.9. The number of amides is 1. The summed E-state index contributed by atoms with van der Waals surface area (Å²) in [6, 6.07) is 4.58. The van der Waals surface area contributed by atoms with Crippen molar-refractivity contribution < 1.29 is 9.53 Å². The van der Waals surface area contributed by atoms with Crippen molar-refractivity contribution in [2.24, 2.45) is 11.0 Å². The largest absolute Gasteiger partial charge is 0.444 e. The Morgan fingerprint density at radius 3 is 2.60 bits per heavy atom. The topological polar surface area (TPSA) is 109 Å². The third kappa shape index (κ3) is 5.30. The molecule has 0 aromatic carbocycles. The second-order valence-corrected chi connectivity index (χ2v) is 11.3. The molecule has 0 bridgehead atoms. The van der Waals surface area contributed by atoms with Crippen LogP contribution in [0.5, 0.6) is 0 Å². The van der Waals surface area contributed by atoms with Crippen molar-refractivity contribution in [2.45, 2.75) is 82.8 Å². The van der Waals surface area contributed by atoms with Gasteiger partial charge in [0.05, 0.1) is 17.4 Å². The van der Waals surface area contributed by atoms with Crippen LogP contribution in [-0.4, -0.2) is 51.0 Å². The monoisotopic (exact) mass is 477 g/mol. The number of ether oxygens (including phenoxy) is 1. The lowest BCUT2D eigenvalue weighted by molar-refractivity contribution is 0.0205. The second-order valence-electron chi connectivity index (χ2n) is 11.3. The van der Waals surface area contributed by atoms with Gasteiger partial charge >= 0.3 is 6.09 Å². The van der Waals surface area contributed by atoms with Gasteiger partial charge in [0.25, 0.3) is 0 Å². The van der Waals surface area contributed by atoms with Crippen molar-refractivity contribution >= 4 is 6.09 Å². The SMILES string of the molecule is CC(C)(C)OC(=O)N1CCC(c2cccnc2-c2cn(C3CC(CN=[N+]=[N-])C3)nc2C2CC2)CC1. The molecular formula is C26H35N7O2. The highest BCUT2D eigenvalue weighted by Gasteiger charge is 2.36. The summed E-state index contributed by atoms with van der Waals surface area (Å²) in [4.78, 5) is 22.1. The van der Waals surface area contributed by atoms with Crippen LogP contribution in [0, 0.1) is 5.92 Å². The standard InChI is InChI=1S/C26H35N7O2/c1-26(2,3)35-25(34)32-11-8-18(9-12-32)21-5-4-10-28-24(21)22-16-33(30-23(22)19-6-7-19)20-13-17(14-20)15-29-31-27/h4-5,10,16-20H,6-9,11-15H2,1-3H3. The van der Waals surface area contributed by atoms with Gasteiger partial charge in [0.15, 0.2) is 0 Å². The van der Waals surface area contributed by atoms with Crippen LogP contribution in [0.3, 0.4) is 0 Å². The Balaban J connectivity index is 1.33. The summed E-state index contributed by atoms with van der Waals surface area (Å²) in [6.45, 7) is 7.67. The Bertz CT molecular complexity index is 1110. The zero-order valence-corrected chi connectivity index (χ0v) is 20.9. The van der Waals surface area contributed by atoms with Crippen molar-refractivity contribution in [1.29, 1.82) is 0 Å². The van der Waals surface area contributed by atoms with Crippen molar-refractivity contribution in [2.75, 3.05) is 19.6 Å². The quantitative estimate of drug-likeness (QED) is 0.280. The molecule has 0 spiro atoms. The number of azide groups is 1. The molecule has 2 aromatic heterocycles. The number of nitrogens with zero attached hydrogens (tertiary/aromatic N) is 7. The number of piperidine rings is 1. The van der Waals surface area contributed by atoms with Crippen LogP contribution < -0.4 is 0 Å². The van der Waals surface area contributed by atoms with E-state index in [1.54, 1.807) is 0 Å². The number of rotatable bonds is 6. The summed E-state index contributed by atoms with van der Waals surface area (Å²) < 4.78 is 7.71. The van der Waals surface area contributed by atoms with E-state index in [0.717, 1.165) is 36.9 Å². The zero-order valence-electron chi connectivity index (χ0n) is 20.9. The van der Waals surface area contributed by atoms with Gasteiger partial charge in [0.2, 0.25) is 0 Å². The van der Waals surface area contributed by atoms with E-state index in [1.807, 2.05) is 37.9 Å². The second kappa shape index (κ2) is 9.53.